The van der Waals surface area contributed by atoms with Crippen molar-refractivity contribution in [2.45, 2.75) is 40.7 Å². The second-order valence-corrected chi connectivity index (χ2v) is 6.25. The summed E-state index contributed by atoms with van der Waals surface area (Å²) in [4.78, 5) is 0. The number of hydrogen-bond donors (Lipinski definition) is 1. The topological polar surface area (TPSA) is 39.7 Å². The first-order valence-corrected chi connectivity index (χ1v) is 7.25. The number of ether oxygens (including phenoxy) is 3. The average Bonchev–Trinajstić information content (AvgIpc) is 2.81. The molecule has 1 aromatic carbocycles. The van der Waals surface area contributed by atoms with E-state index in [0.29, 0.717) is 13.4 Å². The van der Waals surface area contributed by atoms with Crippen LogP contribution in [0.25, 0.3) is 0 Å². The van der Waals surface area contributed by atoms with E-state index < -0.39 is 0 Å². The van der Waals surface area contributed by atoms with Crippen LogP contribution in [-0.2, 0) is 6.54 Å². The molecule has 0 aliphatic carbocycles. The van der Waals surface area contributed by atoms with Crippen molar-refractivity contribution in [2.24, 2.45) is 5.41 Å². The maximum absolute atomic E-state index is 5.96. The predicted octanol–water partition coefficient (Wildman–Crippen LogP) is 3.34. The zero-order valence-corrected chi connectivity index (χ0v) is 12.9. The van der Waals surface area contributed by atoms with Crippen molar-refractivity contribution in [3.8, 4) is 17.2 Å². The molecule has 0 radical (unpaired) electrons. The number of fused-ring (bicyclic) bond motifs is 1. The van der Waals surface area contributed by atoms with Crippen molar-refractivity contribution < 1.29 is 14.2 Å². The molecule has 0 saturated heterocycles. The van der Waals surface area contributed by atoms with Gasteiger partial charge in [0.15, 0.2) is 11.5 Å². The quantitative estimate of drug-likeness (QED) is 0.867. The van der Waals surface area contributed by atoms with Gasteiger partial charge >= 0.3 is 0 Å². The van der Waals surface area contributed by atoms with Crippen LogP contribution >= 0.6 is 0 Å². The first-order chi connectivity index (χ1) is 9.49. The minimum Gasteiger partial charge on any atom is -0.493 e. The fourth-order valence-corrected chi connectivity index (χ4v) is 1.96. The average molecular weight is 279 g/mol. The predicted molar refractivity (Wildman–Crippen MR) is 79.5 cm³/mol. The molecule has 1 N–H and O–H groups in total. The summed E-state index contributed by atoms with van der Waals surface area (Å²) in [6.45, 7) is 11.4. The molecule has 0 amide bonds. The Hall–Kier alpha value is -1.42. The highest BCUT2D eigenvalue weighted by molar-refractivity contribution is 5.51. The van der Waals surface area contributed by atoms with Gasteiger partial charge in [0.25, 0.3) is 0 Å². The van der Waals surface area contributed by atoms with Crippen LogP contribution in [0.3, 0.4) is 0 Å². The maximum Gasteiger partial charge on any atom is 0.231 e. The molecule has 0 fully saturated rings. The molecular formula is C16H25NO3. The van der Waals surface area contributed by atoms with Crippen LogP contribution in [0.15, 0.2) is 12.1 Å². The Bertz CT molecular complexity index is 452. The molecule has 0 atom stereocenters. The van der Waals surface area contributed by atoms with Crippen molar-refractivity contribution in [1.29, 1.82) is 0 Å². The van der Waals surface area contributed by atoms with Crippen LogP contribution < -0.4 is 19.5 Å². The molecule has 1 aromatic rings. The molecule has 20 heavy (non-hydrogen) atoms. The van der Waals surface area contributed by atoms with Crippen molar-refractivity contribution in [1.82, 2.24) is 5.32 Å². The summed E-state index contributed by atoms with van der Waals surface area (Å²) in [6.07, 6.45) is 1.02. The van der Waals surface area contributed by atoms with Gasteiger partial charge in [0, 0.05) is 18.2 Å². The molecule has 4 heteroatoms. The van der Waals surface area contributed by atoms with E-state index in [1.165, 1.54) is 0 Å². The summed E-state index contributed by atoms with van der Waals surface area (Å²) in [7, 11) is 0. The Morgan fingerprint density at radius 2 is 1.90 bits per heavy atom. The Labute approximate surface area is 121 Å². The molecular weight excluding hydrogens is 254 g/mol. The molecule has 0 aromatic heterocycles. The van der Waals surface area contributed by atoms with Crippen LogP contribution in [0.1, 0.15) is 39.7 Å². The summed E-state index contributed by atoms with van der Waals surface area (Å²) in [6, 6.07) is 3.95. The largest absolute Gasteiger partial charge is 0.493 e. The summed E-state index contributed by atoms with van der Waals surface area (Å²) in [5.41, 5.74) is 1.39. The third-order valence-corrected chi connectivity index (χ3v) is 3.23. The van der Waals surface area contributed by atoms with Gasteiger partial charge in [-0.1, -0.05) is 27.7 Å². The van der Waals surface area contributed by atoms with E-state index in [1.54, 1.807) is 0 Å². The van der Waals surface area contributed by atoms with Crippen molar-refractivity contribution >= 4 is 0 Å². The molecule has 1 aliphatic rings. The normalized spacial score (nSPS) is 13.6. The summed E-state index contributed by atoms with van der Waals surface area (Å²) in [5, 5.41) is 3.33. The van der Waals surface area contributed by atoms with Gasteiger partial charge in [0.05, 0.1) is 6.61 Å². The number of hydrogen-bond acceptors (Lipinski definition) is 4. The molecule has 0 saturated carbocycles. The first kappa shape index (κ1) is 15.0. The highest BCUT2D eigenvalue weighted by Gasteiger charge is 2.18. The first-order valence-electron chi connectivity index (χ1n) is 7.25. The monoisotopic (exact) mass is 279 g/mol. The van der Waals surface area contributed by atoms with Crippen LogP contribution in [0.2, 0.25) is 0 Å². The summed E-state index contributed by atoms with van der Waals surface area (Å²) < 4.78 is 16.8. The minimum absolute atomic E-state index is 0.276. The van der Waals surface area contributed by atoms with Gasteiger partial charge in [-0.3, -0.25) is 0 Å². The van der Waals surface area contributed by atoms with Gasteiger partial charge in [-0.25, -0.2) is 0 Å². The second kappa shape index (κ2) is 6.35. The number of nitrogens with one attached hydrogen (secondary N) is 1. The highest BCUT2D eigenvalue weighted by atomic mass is 16.7. The van der Waals surface area contributed by atoms with E-state index in [4.69, 9.17) is 14.2 Å². The smallest absolute Gasteiger partial charge is 0.231 e. The molecule has 112 valence electrons. The molecule has 4 nitrogen and oxygen atoms in total. The van der Waals surface area contributed by atoms with Gasteiger partial charge < -0.3 is 19.5 Å². The number of benzene rings is 1. The number of rotatable bonds is 6. The van der Waals surface area contributed by atoms with E-state index in [9.17, 15) is 0 Å². The van der Waals surface area contributed by atoms with Crippen molar-refractivity contribution in [2.75, 3.05) is 19.9 Å². The van der Waals surface area contributed by atoms with E-state index >= 15 is 0 Å². The van der Waals surface area contributed by atoms with Gasteiger partial charge in [0.2, 0.25) is 6.79 Å². The van der Waals surface area contributed by atoms with E-state index in [1.807, 2.05) is 12.1 Å². The van der Waals surface area contributed by atoms with Crippen molar-refractivity contribution in [3.63, 3.8) is 0 Å². The van der Waals surface area contributed by atoms with Crippen LogP contribution in [0, 0.1) is 5.41 Å². The van der Waals surface area contributed by atoms with Gasteiger partial charge in [-0.2, -0.15) is 0 Å². The highest BCUT2D eigenvalue weighted by Crippen LogP contribution is 2.38. The second-order valence-electron chi connectivity index (χ2n) is 6.25. The molecule has 0 spiro atoms. The summed E-state index contributed by atoms with van der Waals surface area (Å²) >= 11 is 0. The standard InChI is InChI=1S/C16H25NO3/c1-5-17-10-12-8-14-15(20-11-19-14)9-13(12)18-7-6-16(2,3)4/h8-9,17H,5-7,10-11H2,1-4H3. The van der Waals surface area contributed by atoms with Gasteiger partial charge in [0.1, 0.15) is 5.75 Å². The Morgan fingerprint density at radius 1 is 1.20 bits per heavy atom. The fourth-order valence-electron chi connectivity index (χ4n) is 1.96. The van der Waals surface area contributed by atoms with Crippen LogP contribution in [0.5, 0.6) is 17.2 Å². The fraction of sp³-hybridized carbons (Fsp3) is 0.625. The van der Waals surface area contributed by atoms with E-state index in [-0.39, 0.29) is 5.41 Å². The molecule has 2 rings (SSSR count). The van der Waals surface area contributed by atoms with Gasteiger partial charge in [-0.05, 0) is 24.4 Å². The zero-order valence-electron chi connectivity index (χ0n) is 12.9. The van der Waals surface area contributed by atoms with Gasteiger partial charge in [-0.15, -0.1) is 0 Å². The third-order valence-electron chi connectivity index (χ3n) is 3.23. The summed E-state index contributed by atoms with van der Waals surface area (Å²) in [5.74, 6) is 2.47. The van der Waals surface area contributed by atoms with Crippen LogP contribution in [-0.4, -0.2) is 19.9 Å². The van der Waals surface area contributed by atoms with E-state index in [0.717, 1.165) is 42.3 Å². The maximum atomic E-state index is 5.96. The Morgan fingerprint density at radius 3 is 2.55 bits per heavy atom. The molecule has 1 heterocycles. The third kappa shape index (κ3) is 4.04. The van der Waals surface area contributed by atoms with Crippen molar-refractivity contribution in [3.05, 3.63) is 17.7 Å². The lowest BCUT2D eigenvalue weighted by molar-refractivity contribution is 0.173. The lowest BCUT2D eigenvalue weighted by atomic mass is 9.93. The van der Waals surface area contributed by atoms with E-state index in [2.05, 4.69) is 33.0 Å². The molecule has 1 aliphatic heterocycles. The Kier molecular flexibility index (Phi) is 4.76. The lowest BCUT2D eigenvalue weighted by Crippen LogP contribution is -2.15. The molecule has 0 unspecified atom stereocenters. The zero-order chi connectivity index (χ0) is 14.6. The lowest BCUT2D eigenvalue weighted by Gasteiger charge is -2.19. The molecule has 0 bridgehead atoms. The SMILES string of the molecule is CCNCc1cc2c(cc1OCCC(C)(C)C)OCO2. The Balaban J connectivity index is 2.08. The minimum atomic E-state index is 0.276. The van der Waals surface area contributed by atoms with Crippen LogP contribution in [0.4, 0.5) is 0 Å².